The van der Waals surface area contributed by atoms with Crippen LogP contribution in [0.3, 0.4) is 0 Å². The second-order valence-electron chi connectivity index (χ2n) is 4.75. The predicted octanol–water partition coefficient (Wildman–Crippen LogP) is 5.53. The molecule has 2 nitrogen and oxygen atoms in total. The van der Waals surface area contributed by atoms with Crippen LogP contribution in [0.15, 0.2) is 59.0 Å². The van der Waals surface area contributed by atoms with Crippen molar-refractivity contribution in [2.24, 2.45) is 0 Å². The minimum atomic E-state index is -0.108. The van der Waals surface area contributed by atoms with Gasteiger partial charge in [0.1, 0.15) is 0 Å². The summed E-state index contributed by atoms with van der Waals surface area (Å²) in [5, 5.41) is 2.43. The Kier molecular flexibility index (Phi) is 2.84. The monoisotopic (exact) mass is 312 g/mol. The Morgan fingerprint density at radius 2 is 1.81 bits per heavy atom. The van der Waals surface area contributed by atoms with Crippen molar-refractivity contribution >= 4 is 49.8 Å². The van der Waals surface area contributed by atoms with E-state index in [2.05, 4.69) is 0 Å². The molecular formula is C17H9ClO2S. The van der Waals surface area contributed by atoms with Gasteiger partial charge in [-0.3, -0.25) is 4.79 Å². The molecule has 0 radical (unpaired) electrons. The van der Waals surface area contributed by atoms with Crippen molar-refractivity contribution in [3.8, 4) is 0 Å². The van der Waals surface area contributed by atoms with Gasteiger partial charge in [0.05, 0.1) is 9.90 Å². The molecule has 21 heavy (non-hydrogen) atoms. The number of furan rings is 1. The molecule has 4 aromatic rings. The number of hydrogen-bond acceptors (Lipinski definition) is 3. The molecule has 4 heteroatoms. The molecule has 0 fully saturated rings. The Morgan fingerprint density at radius 1 is 1.00 bits per heavy atom. The van der Waals surface area contributed by atoms with E-state index in [0.29, 0.717) is 21.2 Å². The Morgan fingerprint density at radius 3 is 2.62 bits per heavy atom. The van der Waals surface area contributed by atoms with Gasteiger partial charge in [-0.15, -0.1) is 11.3 Å². The first-order valence-electron chi connectivity index (χ1n) is 6.44. The number of carbonyl (C=O) groups is 1. The lowest BCUT2D eigenvalue weighted by Crippen LogP contribution is -1.95. The minimum absolute atomic E-state index is 0.108. The predicted molar refractivity (Wildman–Crippen MR) is 86.5 cm³/mol. The van der Waals surface area contributed by atoms with Gasteiger partial charge in [-0.1, -0.05) is 41.9 Å². The largest absolute Gasteiger partial charge is 0.451 e. The number of para-hydroxylation sites is 1. The van der Waals surface area contributed by atoms with Crippen molar-refractivity contribution in [2.75, 3.05) is 0 Å². The van der Waals surface area contributed by atoms with Gasteiger partial charge in [0.25, 0.3) is 0 Å². The smallest absolute Gasteiger partial charge is 0.238 e. The van der Waals surface area contributed by atoms with Gasteiger partial charge in [-0.05, 0) is 29.7 Å². The second kappa shape index (κ2) is 4.72. The van der Waals surface area contributed by atoms with Gasteiger partial charge in [0, 0.05) is 10.1 Å². The summed E-state index contributed by atoms with van der Waals surface area (Å²) in [4.78, 5) is 13.2. The zero-order valence-electron chi connectivity index (χ0n) is 10.8. The van der Waals surface area contributed by atoms with Crippen LogP contribution in [0, 0.1) is 0 Å². The Hall–Kier alpha value is -2.10. The first-order valence-corrected chi connectivity index (χ1v) is 7.63. The normalized spacial score (nSPS) is 11.3. The van der Waals surface area contributed by atoms with Crippen LogP contribution in [0.5, 0.6) is 0 Å². The van der Waals surface area contributed by atoms with Crippen molar-refractivity contribution in [1.82, 2.24) is 0 Å². The minimum Gasteiger partial charge on any atom is -0.451 e. The van der Waals surface area contributed by atoms with E-state index in [4.69, 9.17) is 16.0 Å². The summed E-state index contributed by atoms with van der Waals surface area (Å²) in [7, 11) is 0. The molecule has 0 amide bonds. The Labute approximate surface area is 129 Å². The summed E-state index contributed by atoms with van der Waals surface area (Å²) < 4.78 is 6.73. The molecule has 0 bridgehead atoms. The van der Waals surface area contributed by atoms with Crippen LogP contribution in [-0.2, 0) is 0 Å². The lowest BCUT2D eigenvalue weighted by atomic mass is 10.2. The molecule has 0 atom stereocenters. The van der Waals surface area contributed by atoms with E-state index in [-0.39, 0.29) is 5.78 Å². The number of rotatable bonds is 2. The number of thiophene rings is 1. The van der Waals surface area contributed by atoms with Gasteiger partial charge < -0.3 is 4.42 Å². The van der Waals surface area contributed by atoms with E-state index in [0.717, 1.165) is 15.5 Å². The van der Waals surface area contributed by atoms with Crippen molar-refractivity contribution < 1.29 is 9.21 Å². The number of ketones is 1. The number of hydrogen-bond donors (Lipinski definition) is 0. The number of halogens is 1. The number of benzene rings is 2. The van der Waals surface area contributed by atoms with Crippen LogP contribution in [-0.4, -0.2) is 5.78 Å². The molecule has 0 saturated heterocycles. The van der Waals surface area contributed by atoms with Gasteiger partial charge in [-0.25, -0.2) is 0 Å². The van der Waals surface area contributed by atoms with Gasteiger partial charge in [-0.2, -0.15) is 0 Å². The summed E-state index contributed by atoms with van der Waals surface area (Å²) in [6.07, 6.45) is 0. The van der Waals surface area contributed by atoms with Crippen LogP contribution in [0.25, 0.3) is 21.1 Å². The Balaban J connectivity index is 1.83. The van der Waals surface area contributed by atoms with Crippen LogP contribution < -0.4 is 0 Å². The maximum absolute atomic E-state index is 12.6. The van der Waals surface area contributed by atoms with Crippen molar-refractivity contribution in [3.63, 3.8) is 0 Å². The molecule has 0 saturated carbocycles. The summed E-state index contributed by atoms with van der Waals surface area (Å²) in [6, 6.07) is 17.1. The fraction of sp³-hybridized carbons (Fsp3) is 0. The topological polar surface area (TPSA) is 30.2 Å². The third kappa shape index (κ3) is 2.06. The average Bonchev–Trinajstić information content (AvgIpc) is 3.11. The molecular weight excluding hydrogens is 304 g/mol. The molecule has 0 aliphatic carbocycles. The maximum Gasteiger partial charge on any atom is 0.238 e. The average molecular weight is 313 g/mol. The first kappa shape index (κ1) is 12.6. The van der Waals surface area contributed by atoms with Crippen molar-refractivity contribution in [2.45, 2.75) is 0 Å². The molecule has 2 heterocycles. The van der Waals surface area contributed by atoms with Gasteiger partial charge in [0.15, 0.2) is 11.3 Å². The highest BCUT2D eigenvalue weighted by Gasteiger charge is 2.18. The fourth-order valence-electron chi connectivity index (χ4n) is 2.35. The first-order chi connectivity index (χ1) is 10.2. The lowest BCUT2D eigenvalue weighted by Gasteiger charge is -1.92. The quantitative estimate of drug-likeness (QED) is 0.455. The third-order valence-corrected chi connectivity index (χ3v) is 4.78. The van der Waals surface area contributed by atoms with E-state index in [1.807, 2.05) is 42.5 Å². The van der Waals surface area contributed by atoms with Crippen LogP contribution >= 0.6 is 22.9 Å². The molecule has 2 aromatic heterocycles. The molecule has 102 valence electrons. The molecule has 0 aliphatic heterocycles. The van der Waals surface area contributed by atoms with E-state index in [1.165, 1.54) is 11.3 Å². The van der Waals surface area contributed by atoms with E-state index in [9.17, 15) is 4.79 Å². The van der Waals surface area contributed by atoms with Gasteiger partial charge >= 0.3 is 0 Å². The zero-order chi connectivity index (χ0) is 14.4. The van der Waals surface area contributed by atoms with E-state index in [1.54, 1.807) is 12.1 Å². The molecule has 4 rings (SSSR count). The highest BCUT2D eigenvalue weighted by Crippen LogP contribution is 2.31. The highest BCUT2D eigenvalue weighted by atomic mass is 35.5. The van der Waals surface area contributed by atoms with Crippen LogP contribution in [0.2, 0.25) is 5.02 Å². The number of carbonyl (C=O) groups excluding carboxylic acids is 1. The summed E-state index contributed by atoms with van der Waals surface area (Å²) in [5.74, 6) is 0.216. The van der Waals surface area contributed by atoms with Crippen LogP contribution in [0.4, 0.5) is 0 Å². The molecule has 2 aromatic carbocycles. The fourth-order valence-corrected chi connectivity index (χ4v) is 3.58. The SMILES string of the molecule is O=C(c1cc2cccc(Cl)c2o1)c1cc2ccccc2s1. The number of fused-ring (bicyclic) bond motifs is 2. The summed E-state index contributed by atoms with van der Waals surface area (Å²) in [5.41, 5.74) is 0.559. The third-order valence-electron chi connectivity index (χ3n) is 3.37. The molecule has 0 unspecified atom stereocenters. The summed E-state index contributed by atoms with van der Waals surface area (Å²) >= 11 is 7.55. The van der Waals surface area contributed by atoms with Gasteiger partial charge in [0.2, 0.25) is 5.78 Å². The van der Waals surface area contributed by atoms with Crippen molar-refractivity contribution in [3.05, 3.63) is 70.3 Å². The Bertz CT molecular complexity index is 948. The maximum atomic E-state index is 12.6. The van der Waals surface area contributed by atoms with Crippen molar-refractivity contribution in [1.29, 1.82) is 0 Å². The molecule has 0 N–H and O–H groups in total. The van der Waals surface area contributed by atoms with E-state index < -0.39 is 0 Å². The summed E-state index contributed by atoms with van der Waals surface area (Å²) in [6.45, 7) is 0. The lowest BCUT2D eigenvalue weighted by molar-refractivity contribution is 0.101. The highest BCUT2D eigenvalue weighted by molar-refractivity contribution is 7.21. The second-order valence-corrected chi connectivity index (χ2v) is 6.24. The molecule has 0 spiro atoms. The zero-order valence-corrected chi connectivity index (χ0v) is 12.4. The van der Waals surface area contributed by atoms with E-state index >= 15 is 0 Å². The standard InChI is InChI=1S/C17H9ClO2S/c18-12-6-3-5-11-8-13(20-17(11)12)16(19)15-9-10-4-1-2-7-14(10)21-15/h1-9H. The molecule has 0 aliphatic rings. The van der Waals surface area contributed by atoms with Crippen LogP contribution in [0.1, 0.15) is 15.4 Å².